The summed E-state index contributed by atoms with van der Waals surface area (Å²) in [5.41, 5.74) is 12.0. The number of carbonyl (C=O) groups excluding carboxylic acids is 3. The minimum absolute atomic E-state index is 0.142. The van der Waals surface area contributed by atoms with E-state index in [1.54, 1.807) is 31.2 Å². The van der Waals surface area contributed by atoms with E-state index in [4.69, 9.17) is 15.9 Å². The molecular weight excluding hydrogens is 578 g/mol. The quantitative estimate of drug-likeness (QED) is 0.127. The third-order valence-electron chi connectivity index (χ3n) is 8.31. The van der Waals surface area contributed by atoms with Gasteiger partial charge in [0.15, 0.2) is 0 Å². The molecule has 0 unspecified atom stereocenters. The predicted molar refractivity (Wildman–Crippen MR) is 184 cm³/mol. The molecular formula is C37H47N5O4. The van der Waals surface area contributed by atoms with Crippen LogP contribution in [0.2, 0.25) is 0 Å². The zero-order valence-corrected chi connectivity index (χ0v) is 27.5. The maximum absolute atomic E-state index is 13.7. The Morgan fingerprint density at radius 2 is 1.67 bits per heavy atom. The Morgan fingerprint density at radius 1 is 0.978 bits per heavy atom. The zero-order chi connectivity index (χ0) is 33.4. The van der Waals surface area contributed by atoms with Crippen molar-refractivity contribution in [2.24, 2.45) is 11.8 Å². The second-order valence-electron chi connectivity index (χ2n) is 13.3. The summed E-state index contributed by atoms with van der Waals surface area (Å²) in [6.45, 7) is 9.74. The molecule has 0 aromatic heterocycles. The number of carbonyl (C=O) groups is 3. The van der Waals surface area contributed by atoms with E-state index in [1.165, 1.54) is 0 Å². The van der Waals surface area contributed by atoms with Crippen LogP contribution in [0.3, 0.4) is 0 Å². The highest BCUT2D eigenvalue weighted by Gasteiger charge is 2.30. The van der Waals surface area contributed by atoms with Gasteiger partial charge in [-0.2, -0.15) is 0 Å². The van der Waals surface area contributed by atoms with Crippen molar-refractivity contribution in [3.05, 3.63) is 83.4 Å². The van der Waals surface area contributed by atoms with Crippen LogP contribution in [0.25, 0.3) is 11.1 Å². The number of rotatable bonds is 10. The summed E-state index contributed by atoms with van der Waals surface area (Å²) in [7, 11) is 0. The number of hydrogen-bond donors (Lipinski definition) is 5. The van der Waals surface area contributed by atoms with Gasteiger partial charge in [0.1, 0.15) is 11.6 Å². The Morgan fingerprint density at radius 3 is 2.33 bits per heavy atom. The van der Waals surface area contributed by atoms with Gasteiger partial charge in [-0.3, -0.25) is 9.59 Å². The second kappa shape index (κ2) is 15.1. The molecule has 1 aliphatic carbocycles. The first kappa shape index (κ1) is 34.2. The average molecular weight is 626 g/mol. The van der Waals surface area contributed by atoms with Crippen molar-refractivity contribution in [2.45, 2.75) is 78.4 Å². The Kier molecular flexibility index (Phi) is 11.2. The normalized spacial score (nSPS) is 17.0. The summed E-state index contributed by atoms with van der Waals surface area (Å²) in [6, 6.07) is 20.1. The van der Waals surface area contributed by atoms with Gasteiger partial charge in [-0.25, -0.2) is 4.79 Å². The molecule has 1 saturated carbocycles. The SMILES string of the molecule is CC(=N)c1ccc(NC(=O)[C@H](Cc2cccc(-c3cc(N)ccc3C)c2)NC(=O)C2CCC(CNC(=O)OC(C)(C)C)CC2)cc1. The molecule has 0 saturated heterocycles. The van der Waals surface area contributed by atoms with Crippen molar-refractivity contribution in [3.63, 3.8) is 0 Å². The molecule has 1 aliphatic rings. The molecule has 0 spiro atoms. The van der Waals surface area contributed by atoms with Crippen LogP contribution in [0.5, 0.6) is 0 Å². The molecule has 0 aliphatic heterocycles. The molecule has 9 heteroatoms. The van der Waals surface area contributed by atoms with Gasteiger partial charge in [0.25, 0.3) is 0 Å². The van der Waals surface area contributed by atoms with E-state index in [0.717, 1.165) is 40.7 Å². The number of nitrogen functional groups attached to an aromatic ring is 1. The third kappa shape index (κ3) is 9.92. The van der Waals surface area contributed by atoms with E-state index in [9.17, 15) is 14.4 Å². The maximum Gasteiger partial charge on any atom is 0.407 e. The molecule has 3 aromatic rings. The van der Waals surface area contributed by atoms with Crippen molar-refractivity contribution < 1.29 is 19.1 Å². The predicted octanol–water partition coefficient (Wildman–Crippen LogP) is 6.63. The largest absolute Gasteiger partial charge is 0.444 e. The summed E-state index contributed by atoms with van der Waals surface area (Å²) in [6.07, 6.45) is 2.82. The number of benzene rings is 3. The van der Waals surface area contributed by atoms with Crippen molar-refractivity contribution in [3.8, 4) is 11.1 Å². The van der Waals surface area contributed by atoms with E-state index >= 15 is 0 Å². The standard InChI is InChI=1S/C37H47N5O4/c1-23-9-16-30(39)21-32(23)29-8-6-7-26(19-29)20-33(35(44)41-31-17-14-27(15-18-31)24(2)38)42-34(43)28-12-10-25(11-13-28)22-40-36(45)46-37(3,4)5/h6-9,14-19,21,25,28,33,38H,10-13,20,22,39H2,1-5H3,(H,40,45)(H,41,44)(H,42,43)/t25?,28?,33-/m0/s1. The lowest BCUT2D eigenvalue weighted by atomic mass is 9.81. The van der Waals surface area contributed by atoms with Crippen molar-refractivity contribution in [2.75, 3.05) is 17.6 Å². The lowest BCUT2D eigenvalue weighted by Gasteiger charge is -2.29. The van der Waals surface area contributed by atoms with Crippen molar-refractivity contribution in [1.82, 2.24) is 10.6 Å². The first-order valence-electron chi connectivity index (χ1n) is 16.0. The maximum atomic E-state index is 13.7. The van der Waals surface area contributed by atoms with Gasteiger partial charge < -0.3 is 31.8 Å². The third-order valence-corrected chi connectivity index (χ3v) is 8.31. The Hall–Kier alpha value is -4.66. The monoisotopic (exact) mass is 625 g/mol. The first-order valence-corrected chi connectivity index (χ1v) is 16.0. The fourth-order valence-corrected chi connectivity index (χ4v) is 5.75. The van der Waals surface area contributed by atoms with E-state index in [1.807, 2.05) is 70.2 Å². The van der Waals surface area contributed by atoms with Crippen LogP contribution >= 0.6 is 0 Å². The molecule has 244 valence electrons. The summed E-state index contributed by atoms with van der Waals surface area (Å²) < 4.78 is 5.34. The number of nitrogens with two attached hydrogens (primary N) is 1. The van der Waals surface area contributed by atoms with Gasteiger partial charge >= 0.3 is 6.09 Å². The lowest BCUT2D eigenvalue weighted by Crippen LogP contribution is -2.48. The number of anilines is 2. The van der Waals surface area contributed by atoms with Gasteiger partial charge in [-0.1, -0.05) is 42.5 Å². The van der Waals surface area contributed by atoms with Crippen LogP contribution in [0.15, 0.2) is 66.7 Å². The molecule has 6 N–H and O–H groups in total. The topological polar surface area (TPSA) is 146 Å². The molecule has 1 atom stereocenters. The molecule has 4 rings (SSSR count). The number of amides is 3. The number of nitrogens with one attached hydrogen (secondary N) is 4. The van der Waals surface area contributed by atoms with Crippen LogP contribution < -0.4 is 21.7 Å². The van der Waals surface area contributed by atoms with Crippen LogP contribution in [-0.4, -0.2) is 41.8 Å². The van der Waals surface area contributed by atoms with Crippen LogP contribution in [-0.2, 0) is 20.7 Å². The highest BCUT2D eigenvalue weighted by Crippen LogP contribution is 2.30. The molecule has 46 heavy (non-hydrogen) atoms. The van der Waals surface area contributed by atoms with Gasteiger partial charge in [-0.05, 0) is 118 Å². The molecule has 9 nitrogen and oxygen atoms in total. The van der Waals surface area contributed by atoms with E-state index in [-0.39, 0.29) is 23.7 Å². The molecule has 0 heterocycles. The van der Waals surface area contributed by atoms with E-state index in [0.29, 0.717) is 42.9 Å². The summed E-state index contributed by atoms with van der Waals surface area (Å²) in [5.74, 6) is -0.407. The summed E-state index contributed by atoms with van der Waals surface area (Å²) in [5, 5.41) is 16.7. The zero-order valence-electron chi connectivity index (χ0n) is 27.5. The highest BCUT2D eigenvalue weighted by molar-refractivity contribution is 5.99. The second-order valence-corrected chi connectivity index (χ2v) is 13.3. The minimum atomic E-state index is -0.805. The van der Waals surface area contributed by atoms with Crippen molar-refractivity contribution >= 4 is 35.0 Å². The molecule has 3 amide bonds. The number of ether oxygens (including phenoxy) is 1. The average Bonchev–Trinajstić information content (AvgIpc) is 3.00. The first-order chi connectivity index (χ1) is 21.8. The highest BCUT2D eigenvalue weighted by atomic mass is 16.6. The smallest absolute Gasteiger partial charge is 0.407 e. The Bertz CT molecular complexity index is 1550. The number of aryl methyl sites for hydroxylation is 1. The fraction of sp³-hybridized carbons (Fsp3) is 0.405. The van der Waals surface area contributed by atoms with Crippen LogP contribution in [0, 0.1) is 24.2 Å². The number of alkyl carbamates (subject to hydrolysis) is 1. The minimum Gasteiger partial charge on any atom is -0.444 e. The molecule has 3 aromatic carbocycles. The van der Waals surface area contributed by atoms with Gasteiger partial charge in [0.05, 0.1) is 0 Å². The Balaban J connectivity index is 1.45. The Labute approximate surface area is 272 Å². The summed E-state index contributed by atoms with van der Waals surface area (Å²) in [4.78, 5) is 39.3. The van der Waals surface area contributed by atoms with Crippen molar-refractivity contribution in [1.29, 1.82) is 5.41 Å². The molecule has 0 bridgehead atoms. The van der Waals surface area contributed by atoms with E-state index < -0.39 is 17.7 Å². The molecule has 1 fully saturated rings. The van der Waals surface area contributed by atoms with Gasteiger partial charge in [-0.15, -0.1) is 0 Å². The van der Waals surface area contributed by atoms with Gasteiger partial charge in [0, 0.05) is 36.0 Å². The fourth-order valence-electron chi connectivity index (χ4n) is 5.75. The van der Waals surface area contributed by atoms with Crippen LogP contribution in [0.1, 0.15) is 70.1 Å². The number of hydrogen-bond acceptors (Lipinski definition) is 6. The molecule has 0 radical (unpaired) electrons. The van der Waals surface area contributed by atoms with Crippen LogP contribution in [0.4, 0.5) is 16.2 Å². The lowest BCUT2D eigenvalue weighted by molar-refractivity contribution is -0.130. The summed E-state index contributed by atoms with van der Waals surface area (Å²) >= 11 is 0. The van der Waals surface area contributed by atoms with E-state index in [2.05, 4.69) is 16.0 Å². The van der Waals surface area contributed by atoms with Gasteiger partial charge in [0.2, 0.25) is 11.8 Å².